The van der Waals surface area contributed by atoms with Crippen molar-refractivity contribution in [3.63, 3.8) is 0 Å². The number of carbonyl (C=O) groups excluding carboxylic acids is 3. The molecule has 11 heteroatoms. The maximum atomic E-state index is 13.2. The van der Waals surface area contributed by atoms with Gasteiger partial charge in [-0.25, -0.2) is 0 Å². The van der Waals surface area contributed by atoms with Crippen LogP contribution in [0.2, 0.25) is 0 Å². The zero-order valence-corrected chi connectivity index (χ0v) is 22.6. The Hall–Kier alpha value is -3.99. The Kier molecular flexibility index (Phi) is 11.0. The van der Waals surface area contributed by atoms with E-state index in [1.165, 1.54) is 18.3 Å². The van der Waals surface area contributed by atoms with E-state index in [2.05, 4.69) is 20.9 Å². The highest BCUT2D eigenvalue weighted by Crippen LogP contribution is 2.29. The Balaban J connectivity index is 1.72. The fraction of sp³-hybridized carbons (Fsp3) is 0.379. The second-order valence-electron chi connectivity index (χ2n) is 9.41. The van der Waals surface area contributed by atoms with Crippen LogP contribution < -0.4 is 16.0 Å². The third kappa shape index (κ3) is 9.04. The van der Waals surface area contributed by atoms with Crippen molar-refractivity contribution in [3.8, 4) is 0 Å². The number of halogens is 3. The van der Waals surface area contributed by atoms with E-state index < -0.39 is 29.6 Å². The van der Waals surface area contributed by atoms with E-state index in [1.54, 1.807) is 18.0 Å². The van der Waals surface area contributed by atoms with Crippen LogP contribution in [0.3, 0.4) is 0 Å². The molecule has 0 fully saturated rings. The number of nitrogens with one attached hydrogen (secondary N) is 3. The lowest BCUT2D eigenvalue weighted by atomic mass is 10.0. The van der Waals surface area contributed by atoms with Crippen molar-refractivity contribution >= 4 is 34.3 Å². The molecular weight excluding hydrogens is 523 g/mol. The topological polar surface area (TPSA) is 103 Å². The van der Waals surface area contributed by atoms with Crippen LogP contribution in [-0.4, -0.2) is 60.3 Å². The quantitative estimate of drug-likeness (QED) is 0.293. The van der Waals surface area contributed by atoms with E-state index >= 15 is 0 Å². The molecule has 1 aromatic heterocycles. The zero-order valence-electron chi connectivity index (χ0n) is 22.6. The van der Waals surface area contributed by atoms with E-state index in [0.717, 1.165) is 29.5 Å². The minimum Gasteiger partial charge on any atom is -0.344 e. The van der Waals surface area contributed by atoms with Crippen LogP contribution in [0, 0.1) is 0 Å². The smallest absolute Gasteiger partial charge is 0.344 e. The van der Waals surface area contributed by atoms with Crippen molar-refractivity contribution < 1.29 is 27.6 Å². The lowest BCUT2D eigenvalue weighted by Gasteiger charge is -2.22. The van der Waals surface area contributed by atoms with Crippen molar-refractivity contribution in [3.05, 3.63) is 71.9 Å². The van der Waals surface area contributed by atoms with Gasteiger partial charge in [0.25, 0.3) is 0 Å². The van der Waals surface area contributed by atoms with E-state index in [4.69, 9.17) is 0 Å². The van der Waals surface area contributed by atoms with Crippen molar-refractivity contribution in [2.75, 3.05) is 32.0 Å². The molecule has 0 saturated heterocycles. The number of rotatable bonds is 13. The number of nitrogens with zero attached hydrogens (tertiary/aromatic N) is 2. The molecule has 3 rings (SSSR count). The van der Waals surface area contributed by atoms with E-state index in [1.807, 2.05) is 31.2 Å². The summed E-state index contributed by atoms with van der Waals surface area (Å²) in [7, 11) is 1.79. The first-order chi connectivity index (χ1) is 19.1. The fourth-order valence-corrected chi connectivity index (χ4v) is 4.17. The van der Waals surface area contributed by atoms with Crippen LogP contribution in [0.5, 0.6) is 0 Å². The molecule has 1 heterocycles. The number of fused-ring (bicyclic) bond motifs is 1. The van der Waals surface area contributed by atoms with Gasteiger partial charge in [0.15, 0.2) is 0 Å². The molecule has 0 aliphatic carbocycles. The van der Waals surface area contributed by atoms with Crippen molar-refractivity contribution in [1.82, 2.24) is 20.5 Å². The summed E-state index contributed by atoms with van der Waals surface area (Å²) in [5.41, 5.74) is 0.774. The predicted molar refractivity (Wildman–Crippen MR) is 147 cm³/mol. The molecule has 0 unspecified atom stereocenters. The van der Waals surface area contributed by atoms with Crippen molar-refractivity contribution in [1.29, 1.82) is 0 Å². The number of amides is 3. The summed E-state index contributed by atoms with van der Waals surface area (Å²) in [4.78, 5) is 44.7. The average Bonchev–Trinajstić information content (AvgIpc) is 2.93. The molecule has 0 aliphatic heterocycles. The first kappa shape index (κ1) is 30.6. The van der Waals surface area contributed by atoms with E-state index in [9.17, 15) is 27.6 Å². The number of anilines is 1. The molecule has 0 saturated carbocycles. The predicted octanol–water partition coefficient (Wildman–Crippen LogP) is 4.16. The molecule has 0 spiro atoms. The Labute approximate surface area is 231 Å². The first-order valence-corrected chi connectivity index (χ1v) is 13.1. The van der Waals surface area contributed by atoms with Gasteiger partial charge in [-0.1, -0.05) is 37.3 Å². The first-order valence-electron chi connectivity index (χ1n) is 13.1. The third-order valence-corrected chi connectivity index (χ3v) is 6.27. The Morgan fingerprint density at radius 2 is 1.73 bits per heavy atom. The van der Waals surface area contributed by atoms with Gasteiger partial charge < -0.3 is 20.9 Å². The molecule has 40 heavy (non-hydrogen) atoms. The monoisotopic (exact) mass is 557 g/mol. The normalized spacial score (nSPS) is 12.1. The number of hydrogen-bond acceptors (Lipinski definition) is 5. The SMILES string of the molecule is CCCN(CCNC)C(=O)CCC(=O)N[C@H](Cc1ccc(C(F)(F)F)cc1)C(=O)Nc1cnc2ccccc2c1. The number of carbonyl (C=O) groups is 3. The molecular formula is C29H34F3N5O3. The number of para-hydroxylation sites is 1. The van der Waals surface area contributed by atoms with Gasteiger partial charge in [0.2, 0.25) is 17.7 Å². The molecule has 8 nitrogen and oxygen atoms in total. The summed E-state index contributed by atoms with van der Waals surface area (Å²) in [6.07, 6.45) is -2.43. The summed E-state index contributed by atoms with van der Waals surface area (Å²) < 4.78 is 39.0. The van der Waals surface area contributed by atoms with Gasteiger partial charge in [0.05, 0.1) is 23.0 Å². The highest BCUT2D eigenvalue weighted by molar-refractivity contribution is 5.98. The van der Waals surface area contributed by atoms with Gasteiger partial charge >= 0.3 is 6.18 Å². The van der Waals surface area contributed by atoms with Gasteiger partial charge in [-0.15, -0.1) is 0 Å². The highest BCUT2D eigenvalue weighted by atomic mass is 19.4. The number of pyridine rings is 1. The second-order valence-corrected chi connectivity index (χ2v) is 9.41. The lowest BCUT2D eigenvalue weighted by Crippen LogP contribution is -2.45. The Bertz CT molecular complexity index is 1300. The fourth-order valence-electron chi connectivity index (χ4n) is 4.17. The number of likely N-dealkylation sites (N-methyl/N-ethyl adjacent to an activating group) is 1. The van der Waals surface area contributed by atoms with Crippen LogP contribution in [0.4, 0.5) is 18.9 Å². The van der Waals surface area contributed by atoms with E-state index in [-0.39, 0.29) is 25.2 Å². The van der Waals surface area contributed by atoms with Crippen LogP contribution in [0.25, 0.3) is 10.9 Å². The van der Waals surface area contributed by atoms with Crippen molar-refractivity contribution in [2.24, 2.45) is 0 Å². The van der Waals surface area contributed by atoms with Gasteiger partial charge in [-0.3, -0.25) is 19.4 Å². The molecule has 0 bridgehead atoms. The highest BCUT2D eigenvalue weighted by Gasteiger charge is 2.30. The Morgan fingerprint density at radius 3 is 2.40 bits per heavy atom. The Morgan fingerprint density at radius 1 is 1.00 bits per heavy atom. The van der Waals surface area contributed by atoms with Gasteiger partial charge in [-0.05, 0) is 43.3 Å². The van der Waals surface area contributed by atoms with E-state index in [0.29, 0.717) is 30.9 Å². The standard InChI is InChI=1S/C29H34F3N5O3/c1-3-15-37(16-14-33-2)27(39)13-12-26(38)36-25(17-20-8-10-22(11-9-20)29(30,31)32)28(40)35-23-18-21-6-4-5-7-24(21)34-19-23/h4-11,18-19,25,33H,3,12-17H2,1-2H3,(H,35,40)(H,36,38)/t25-/m1/s1. The van der Waals surface area contributed by atoms with Crippen LogP contribution in [0.1, 0.15) is 37.3 Å². The molecule has 3 amide bonds. The summed E-state index contributed by atoms with van der Waals surface area (Å²) >= 11 is 0. The summed E-state index contributed by atoms with van der Waals surface area (Å²) in [5, 5.41) is 9.20. The number of aromatic nitrogens is 1. The van der Waals surface area contributed by atoms with Crippen LogP contribution in [-0.2, 0) is 27.0 Å². The maximum Gasteiger partial charge on any atom is 0.416 e. The molecule has 214 valence electrons. The molecule has 1 atom stereocenters. The van der Waals surface area contributed by atoms with Gasteiger partial charge in [0.1, 0.15) is 6.04 Å². The van der Waals surface area contributed by atoms with Gasteiger partial charge in [-0.2, -0.15) is 13.2 Å². The minimum absolute atomic E-state index is 0.0290. The van der Waals surface area contributed by atoms with Crippen LogP contribution >= 0.6 is 0 Å². The second kappa shape index (κ2) is 14.4. The maximum absolute atomic E-state index is 13.2. The summed E-state index contributed by atoms with van der Waals surface area (Å²) in [6.45, 7) is 3.67. The summed E-state index contributed by atoms with van der Waals surface area (Å²) in [5.74, 6) is -1.24. The molecule has 0 aliphatic rings. The number of alkyl halides is 3. The van der Waals surface area contributed by atoms with Crippen LogP contribution in [0.15, 0.2) is 60.8 Å². The molecule has 2 aromatic carbocycles. The third-order valence-electron chi connectivity index (χ3n) is 6.27. The molecule has 3 aromatic rings. The van der Waals surface area contributed by atoms with Gasteiger partial charge in [0, 0.05) is 44.3 Å². The number of benzene rings is 2. The zero-order chi connectivity index (χ0) is 29.1. The lowest BCUT2D eigenvalue weighted by molar-refractivity contribution is -0.137. The molecule has 0 radical (unpaired) electrons. The number of hydrogen-bond donors (Lipinski definition) is 3. The summed E-state index contributed by atoms with van der Waals surface area (Å²) in [6, 6.07) is 12.4. The van der Waals surface area contributed by atoms with Crippen molar-refractivity contribution in [2.45, 2.75) is 44.8 Å². The largest absolute Gasteiger partial charge is 0.416 e. The molecule has 3 N–H and O–H groups in total. The average molecular weight is 558 g/mol. The minimum atomic E-state index is -4.49.